The van der Waals surface area contributed by atoms with E-state index in [1.54, 1.807) is 12.1 Å². The lowest BCUT2D eigenvalue weighted by Crippen LogP contribution is -1.97. The van der Waals surface area contributed by atoms with Crippen molar-refractivity contribution in [2.24, 2.45) is 0 Å². The van der Waals surface area contributed by atoms with E-state index < -0.39 is 17.7 Å². The molecule has 3 aromatic rings. The Balaban J connectivity index is 1.76. The maximum Gasteiger partial charge on any atom is 0.251 e. The van der Waals surface area contributed by atoms with Gasteiger partial charge >= 0.3 is 0 Å². The Morgan fingerprint density at radius 3 is 2.11 bits per heavy atom. The lowest BCUT2D eigenvalue weighted by Gasteiger charge is -2.06. The predicted molar refractivity (Wildman–Crippen MR) is 97.8 cm³/mol. The van der Waals surface area contributed by atoms with Gasteiger partial charge in [0.25, 0.3) is 5.95 Å². The smallest absolute Gasteiger partial charge is 0.251 e. The van der Waals surface area contributed by atoms with E-state index in [-0.39, 0.29) is 5.56 Å². The molecule has 0 aliphatic rings. The molecule has 0 spiro atoms. The fourth-order valence-electron chi connectivity index (χ4n) is 2.38. The SMILES string of the molecule is CCCOc1ccc(-c2ccc(C#Cc3cc(F)c(F)nc3F)cc2)cc1. The molecule has 0 aliphatic heterocycles. The number of nitrogens with zero attached hydrogens (tertiary/aromatic N) is 1. The molecule has 27 heavy (non-hydrogen) atoms. The van der Waals surface area contributed by atoms with Crippen LogP contribution in [0.25, 0.3) is 11.1 Å². The number of pyridine rings is 1. The standard InChI is InChI=1S/C22H16F3NO/c1-2-13-27-19-11-9-17(10-12-19)16-6-3-15(4-7-16)5-8-18-14-20(23)22(25)26-21(18)24/h3-4,6-7,9-12,14H,2,13H2,1H3. The van der Waals surface area contributed by atoms with Crippen LogP contribution in [0, 0.1) is 29.6 Å². The highest BCUT2D eigenvalue weighted by atomic mass is 19.2. The Labute approximate surface area is 155 Å². The van der Waals surface area contributed by atoms with E-state index in [1.165, 1.54) is 0 Å². The zero-order valence-corrected chi connectivity index (χ0v) is 14.6. The second-order valence-electron chi connectivity index (χ2n) is 5.80. The van der Waals surface area contributed by atoms with Gasteiger partial charge in [-0.15, -0.1) is 0 Å². The molecular formula is C22H16F3NO. The summed E-state index contributed by atoms with van der Waals surface area (Å²) in [5.74, 6) is 2.17. The van der Waals surface area contributed by atoms with Crippen LogP contribution in [0.1, 0.15) is 24.5 Å². The molecule has 0 aliphatic carbocycles. The third kappa shape index (κ3) is 4.68. The molecule has 2 aromatic carbocycles. The molecule has 5 heteroatoms. The summed E-state index contributed by atoms with van der Waals surface area (Å²) in [6.07, 6.45) is 0.953. The van der Waals surface area contributed by atoms with Crippen LogP contribution >= 0.6 is 0 Å². The van der Waals surface area contributed by atoms with Gasteiger partial charge in [0, 0.05) is 5.56 Å². The van der Waals surface area contributed by atoms with Crippen molar-refractivity contribution in [3.05, 3.63) is 83.4 Å². The van der Waals surface area contributed by atoms with Gasteiger partial charge in [-0.3, -0.25) is 0 Å². The summed E-state index contributed by atoms with van der Waals surface area (Å²) >= 11 is 0. The molecule has 0 unspecified atom stereocenters. The van der Waals surface area contributed by atoms with Crippen molar-refractivity contribution in [1.29, 1.82) is 0 Å². The average Bonchev–Trinajstić information content (AvgIpc) is 2.69. The van der Waals surface area contributed by atoms with E-state index in [0.717, 1.165) is 23.3 Å². The van der Waals surface area contributed by atoms with Crippen molar-refractivity contribution in [3.63, 3.8) is 0 Å². The van der Waals surface area contributed by atoms with Gasteiger partial charge in [0.05, 0.1) is 12.2 Å². The van der Waals surface area contributed by atoms with Crippen molar-refractivity contribution in [1.82, 2.24) is 4.98 Å². The molecule has 0 bridgehead atoms. The van der Waals surface area contributed by atoms with E-state index in [2.05, 4.69) is 23.7 Å². The van der Waals surface area contributed by atoms with Gasteiger partial charge in [-0.2, -0.15) is 13.8 Å². The van der Waals surface area contributed by atoms with Gasteiger partial charge in [-0.25, -0.2) is 4.39 Å². The Morgan fingerprint density at radius 1 is 0.852 bits per heavy atom. The van der Waals surface area contributed by atoms with Crippen molar-refractivity contribution < 1.29 is 17.9 Å². The van der Waals surface area contributed by atoms with E-state index in [0.29, 0.717) is 18.2 Å². The summed E-state index contributed by atoms with van der Waals surface area (Å²) in [6.45, 7) is 2.73. The minimum absolute atomic E-state index is 0.291. The number of ether oxygens (including phenoxy) is 1. The first-order chi connectivity index (χ1) is 13.1. The fourth-order valence-corrected chi connectivity index (χ4v) is 2.38. The minimum atomic E-state index is -1.48. The van der Waals surface area contributed by atoms with Crippen molar-refractivity contribution >= 4 is 0 Å². The molecule has 0 amide bonds. The Bertz CT molecular complexity index is 987. The number of benzene rings is 2. The molecule has 3 rings (SSSR count). The Morgan fingerprint density at radius 2 is 1.48 bits per heavy atom. The summed E-state index contributed by atoms with van der Waals surface area (Å²) in [7, 11) is 0. The van der Waals surface area contributed by atoms with Crippen LogP contribution in [0.4, 0.5) is 13.2 Å². The second-order valence-corrected chi connectivity index (χ2v) is 5.80. The van der Waals surface area contributed by atoms with E-state index in [9.17, 15) is 13.2 Å². The first-order valence-electron chi connectivity index (χ1n) is 8.43. The molecule has 2 nitrogen and oxygen atoms in total. The molecular weight excluding hydrogens is 351 g/mol. The van der Waals surface area contributed by atoms with Crippen molar-refractivity contribution in [2.45, 2.75) is 13.3 Å². The monoisotopic (exact) mass is 367 g/mol. The minimum Gasteiger partial charge on any atom is -0.494 e. The fraction of sp³-hybridized carbons (Fsp3) is 0.136. The first kappa shape index (κ1) is 18.5. The maximum atomic E-state index is 13.5. The quantitative estimate of drug-likeness (QED) is 0.458. The molecule has 0 saturated carbocycles. The van der Waals surface area contributed by atoms with Crippen LogP contribution in [0.15, 0.2) is 54.6 Å². The number of hydrogen-bond donors (Lipinski definition) is 0. The maximum absolute atomic E-state index is 13.5. The largest absolute Gasteiger partial charge is 0.494 e. The number of aromatic nitrogens is 1. The molecule has 0 N–H and O–H groups in total. The Kier molecular flexibility index (Phi) is 5.77. The van der Waals surface area contributed by atoms with Crippen LogP contribution in [0.3, 0.4) is 0 Å². The highest BCUT2D eigenvalue weighted by Gasteiger charge is 2.09. The van der Waals surface area contributed by atoms with E-state index in [1.807, 2.05) is 36.4 Å². The lowest BCUT2D eigenvalue weighted by atomic mass is 10.0. The zero-order valence-electron chi connectivity index (χ0n) is 14.6. The normalized spacial score (nSPS) is 10.2. The van der Waals surface area contributed by atoms with Gasteiger partial charge < -0.3 is 4.74 Å². The summed E-state index contributed by atoms with van der Waals surface area (Å²) in [5.41, 5.74) is 2.34. The highest BCUT2D eigenvalue weighted by molar-refractivity contribution is 5.65. The number of hydrogen-bond acceptors (Lipinski definition) is 2. The van der Waals surface area contributed by atoms with Crippen molar-refractivity contribution in [2.75, 3.05) is 6.61 Å². The molecule has 1 aromatic heterocycles. The highest BCUT2D eigenvalue weighted by Crippen LogP contribution is 2.23. The van der Waals surface area contributed by atoms with Crippen LogP contribution in [0.5, 0.6) is 5.75 Å². The van der Waals surface area contributed by atoms with Crippen LogP contribution < -0.4 is 4.74 Å². The summed E-state index contributed by atoms with van der Waals surface area (Å²) in [6, 6.07) is 15.8. The summed E-state index contributed by atoms with van der Waals surface area (Å²) in [4.78, 5) is 2.84. The van der Waals surface area contributed by atoms with E-state index in [4.69, 9.17) is 4.74 Å². The van der Waals surface area contributed by atoms with Gasteiger partial charge in [0.2, 0.25) is 5.95 Å². The van der Waals surface area contributed by atoms with Crippen LogP contribution in [-0.4, -0.2) is 11.6 Å². The number of rotatable bonds is 4. The average molecular weight is 367 g/mol. The molecule has 1 heterocycles. The molecule has 0 saturated heterocycles. The van der Waals surface area contributed by atoms with E-state index >= 15 is 0 Å². The topological polar surface area (TPSA) is 22.1 Å². The zero-order chi connectivity index (χ0) is 19.2. The van der Waals surface area contributed by atoms with Gasteiger partial charge in [-0.1, -0.05) is 43.0 Å². The lowest BCUT2D eigenvalue weighted by molar-refractivity contribution is 0.317. The molecule has 0 atom stereocenters. The molecule has 0 fully saturated rings. The third-order valence-corrected chi connectivity index (χ3v) is 3.77. The summed E-state index contributed by atoms with van der Waals surface area (Å²) in [5, 5.41) is 0. The summed E-state index contributed by atoms with van der Waals surface area (Å²) < 4.78 is 45.0. The van der Waals surface area contributed by atoms with Gasteiger partial charge in [-0.05, 0) is 47.9 Å². The Hall–Kier alpha value is -3.26. The number of halogens is 3. The van der Waals surface area contributed by atoms with Crippen molar-refractivity contribution in [3.8, 4) is 28.7 Å². The van der Waals surface area contributed by atoms with Gasteiger partial charge in [0.1, 0.15) is 5.75 Å². The molecule has 136 valence electrons. The predicted octanol–water partition coefficient (Wildman–Crippen LogP) is 5.35. The second kappa shape index (κ2) is 8.41. The first-order valence-corrected chi connectivity index (χ1v) is 8.43. The van der Waals surface area contributed by atoms with Crippen LogP contribution in [0.2, 0.25) is 0 Å². The third-order valence-electron chi connectivity index (χ3n) is 3.77. The van der Waals surface area contributed by atoms with Gasteiger partial charge in [0.15, 0.2) is 5.82 Å². The molecule has 0 radical (unpaired) electrons. The van der Waals surface area contributed by atoms with Crippen LogP contribution in [-0.2, 0) is 0 Å².